The molecular weight excluding hydrogens is 358 g/mol. The Kier molecular flexibility index (Phi) is 5.66. The van der Waals surface area contributed by atoms with Crippen LogP contribution in [0, 0.1) is 17.0 Å². The summed E-state index contributed by atoms with van der Waals surface area (Å²) >= 11 is 0. The topological polar surface area (TPSA) is 46.3 Å². The summed E-state index contributed by atoms with van der Waals surface area (Å²) in [6.07, 6.45) is 2.36. The van der Waals surface area contributed by atoms with Crippen molar-refractivity contribution in [1.29, 1.82) is 0 Å². The van der Waals surface area contributed by atoms with Gasteiger partial charge in [0.25, 0.3) is 0 Å². The van der Waals surface area contributed by atoms with E-state index in [0.717, 1.165) is 17.7 Å². The Hall–Kier alpha value is -2.53. The highest BCUT2D eigenvalue weighted by molar-refractivity contribution is 5.86. The zero-order valence-electron chi connectivity index (χ0n) is 16.5. The maximum Gasteiger partial charge on any atom is 0.240 e. The zero-order valence-corrected chi connectivity index (χ0v) is 16.5. The van der Waals surface area contributed by atoms with Crippen molar-refractivity contribution in [2.75, 3.05) is 6.54 Å². The molecule has 0 spiro atoms. The van der Waals surface area contributed by atoms with Crippen molar-refractivity contribution in [2.45, 2.75) is 39.3 Å². The number of rotatable bonds is 4. The number of nitrogens with two attached hydrogens (primary N) is 1. The summed E-state index contributed by atoms with van der Waals surface area (Å²) in [6.45, 7) is 6.29. The van der Waals surface area contributed by atoms with Gasteiger partial charge in [0.2, 0.25) is 5.91 Å². The number of carbonyl (C=O) groups is 1. The first-order chi connectivity index (χ1) is 13.2. The second-order valence-electron chi connectivity index (χ2n) is 8.51. The molecule has 0 bridgehead atoms. The molecule has 0 saturated heterocycles. The van der Waals surface area contributed by atoms with Crippen molar-refractivity contribution in [1.82, 2.24) is 4.90 Å². The molecule has 28 heavy (non-hydrogen) atoms. The van der Waals surface area contributed by atoms with E-state index in [4.69, 9.17) is 5.73 Å². The number of nitrogens with zero attached hydrogens (tertiary/aromatic N) is 1. The van der Waals surface area contributed by atoms with E-state index in [1.165, 1.54) is 6.07 Å². The number of hydrogen-bond acceptors (Lipinski definition) is 2. The summed E-state index contributed by atoms with van der Waals surface area (Å²) < 4.78 is 28.0. The fourth-order valence-corrected chi connectivity index (χ4v) is 3.64. The van der Waals surface area contributed by atoms with Crippen LogP contribution in [-0.2, 0) is 4.79 Å². The van der Waals surface area contributed by atoms with Crippen LogP contribution in [0.1, 0.15) is 44.4 Å². The van der Waals surface area contributed by atoms with E-state index >= 15 is 0 Å². The van der Waals surface area contributed by atoms with Gasteiger partial charge in [-0.2, -0.15) is 0 Å². The molecule has 1 aliphatic heterocycles. The largest absolute Gasteiger partial charge is 0.326 e. The van der Waals surface area contributed by atoms with Gasteiger partial charge < -0.3 is 10.6 Å². The zero-order chi connectivity index (χ0) is 20.5. The van der Waals surface area contributed by atoms with Gasteiger partial charge in [0.1, 0.15) is 11.6 Å². The third-order valence-corrected chi connectivity index (χ3v) is 4.88. The predicted molar refractivity (Wildman–Crippen MR) is 107 cm³/mol. The van der Waals surface area contributed by atoms with Crippen LogP contribution in [0.4, 0.5) is 8.78 Å². The molecule has 1 amide bonds. The van der Waals surface area contributed by atoms with Gasteiger partial charge in [-0.1, -0.05) is 57.2 Å². The third-order valence-electron chi connectivity index (χ3n) is 4.88. The minimum Gasteiger partial charge on any atom is -0.326 e. The van der Waals surface area contributed by atoms with E-state index in [1.807, 2.05) is 57.2 Å². The molecule has 3 nitrogen and oxygen atoms in total. The quantitative estimate of drug-likeness (QED) is 0.831. The molecule has 0 saturated carbocycles. The van der Waals surface area contributed by atoms with E-state index in [2.05, 4.69) is 0 Å². The number of hydrogen-bond donors (Lipinski definition) is 1. The van der Waals surface area contributed by atoms with Gasteiger partial charge >= 0.3 is 0 Å². The maximum absolute atomic E-state index is 14.3. The molecule has 5 heteroatoms. The van der Waals surface area contributed by atoms with Gasteiger partial charge in [-0.3, -0.25) is 4.79 Å². The lowest BCUT2D eigenvalue weighted by Crippen LogP contribution is -2.45. The van der Waals surface area contributed by atoms with Crippen LogP contribution in [0.3, 0.4) is 0 Å². The molecule has 2 N–H and O–H groups in total. The predicted octanol–water partition coefficient (Wildman–Crippen LogP) is 4.70. The molecule has 2 atom stereocenters. The molecule has 3 rings (SSSR count). The van der Waals surface area contributed by atoms with Crippen LogP contribution in [0.15, 0.2) is 54.6 Å². The standard InChI is InChI=1S/C23H26F2N2O/c1-23(2,3)13-20(26)22(28)27-14-16(18-12-17(24)9-10-19(18)25)11-21(27)15-7-5-4-6-8-15/h4-12,20-21H,13-14,26H2,1-3H3/t20-,21?/m0/s1. The van der Waals surface area contributed by atoms with E-state index < -0.39 is 17.7 Å². The van der Waals surface area contributed by atoms with Gasteiger partial charge in [0.05, 0.1) is 12.1 Å². The van der Waals surface area contributed by atoms with Crippen molar-refractivity contribution >= 4 is 11.5 Å². The van der Waals surface area contributed by atoms with Crippen LogP contribution in [0.25, 0.3) is 5.57 Å². The number of halogens is 2. The van der Waals surface area contributed by atoms with Crippen LogP contribution in [-0.4, -0.2) is 23.4 Å². The average molecular weight is 384 g/mol. The second kappa shape index (κ2) is 7.84. The highest BCUT2D eigenvalue weighted by Gasteiger charge is 2.35. The van der Waals surface area contributed by atoms with E-state index in [0.29, 0.717) is 12.0 Å². The second-order valence-corrected chi connectivity index (χ2v) is 8.51. The Bertz CT molecular complexity index is 887. The van der Waals surface area contributed by atoms with Crippen LogP contribution < -0.4 is 5.73 Å². The molecule has 0 radical (unpaired) electrons. The Morgan fingerprint density at radius 2 is 1.86 bits per heavy atom. The Balaban J connectivity index is 1.96. The Morgan fingerprint density at radius 1 is 1.18 bits per heavy atom. The van der Waals surface area contributed by atoms with Crippen molar-refractivity contribution in [3.63, 3.8) is 0 Å². The molecule has 1 unspecified atom stereocenters. The summed E-state index contributed by atoms with van der Waals surface area (Å²) in [7, 11) is 0. The molecule has 2 aromatic carbocycles. The molecule has 0 fully saturated rings. The summed E-state index contributed by atoms with van der Waals surface area (Å²) in [5.41, 5.74) is 7.79. The average Bonchev–Trinajstić information content (AvgIpc) is 3.07. The molecule has 148 valence electrons. The molecule has 1 aliphatic rings. The molecule has 0 aliphatic carbocycles. The van der Waals surface area contributed by atoms with Gasteiger partial charge in [-0.05, 0) is 41.2 Å². The Labute approximate surface area is 164 Å². The molecule has 2 aromatic rings. The number of amides is 1. The highest BCUT2D eigenvalue weighted by Crippen LogP contribution is 2.36. The lowest BCUT2D eigenvalue weighted by atomic mass is 9.88. The van der Waals surface area contributed by atoms with Crippen molar-refractivity contribution in [3.05, 3.63) is 77.4 Å². The fourth-order valence-electron chi connectivity index (χ4n) is 3.64. The monoisotopic (exact) mass is 384 g/mol. The lowest BCUT2D eigenvalue weighted by Gasteiger charge is -2.30. The smallest absolute Gasteiger partial charge is 0.240 e. The minimum atomic E-state index is -0.656. The van der Waals surface area contributed by atoms with Gasteiger partial charge in [0.15, 0.2) is 0 Å². The minimum absolute atomic E-state index is 0.0953. The SMILES string of the molecule is CC(C)(C)C[C@H](N)C(=O)N1CC(c2cc(F)ccc2F)=CC1c1ccccc1. The Morgan fingerprint density at radius 3 is 2.50 bits per heavy atom. The summed E-state index contributed by atoms with van der Waals surface area (Å²) in [6, 6.07) is 11.9. The molecular formula is C23H26F2N2O. The normalized spacial score (nSPS) is 18.1. The first-order valence-corrected chi connectivity index (χ1v) is 9.43. The molecule has 0 aromatic heterocycles. The van der Waals surface area contributed by atoms with Gasteiger partial charge in [0, 0.05) is 12.1 Å². The van der Waals surface area contributed by atoms with E-state index in [9.17, 15) is 13.6 Å². The van der Waals surface area contributed by atoms with Crippen LogP contribution >= 0.6 is 0 Å². The maximum atomic E-state index is 14.3. The van der Waals surface area contributed by atoms with Gasteiger partial charge in [-0.15, -0.1) is 0 Å². The number of benzene rings is 2. The molecule has 1 heterocycles. The van der Waals surface area contributed by atoms with Crippen molar-refractivity contribution in [3.8, 4) is 0 Å². The third kappa shape index (κ3) is 4.47. The van der Waals surface area contributed by atoms with Crippen LogP contribution in [0.5, 0.6) is 0 Å². The first kappa shape index (κ1) is 20.2. The van der Waals surface area contributed by atoms with Crippen LogP contribution in [0.2, 0.25) is 0 Å². The van der Waals surface area contributed by atoms with E-state index in [-0.39, 0.29) is 29.5 Å². The summed E-state index contributed by atoms with van der Waals surface area (Å²) in [5, 5.41) is 0. The van der Waals surface area contributed by atoms with Gasteiger partial charge in [-0.25, -0.2) is 8.78 Å². The van der Waals surface area contributed by atoms with Crippen molar-refractivity contribution < 1.29 is 13.6 Å². The fraction of sp³-hybridized carbons (Fsp3) is 0.348. The van der Waals surface area contributed by atoms with E-state index in [1.54, 1.807) is 4.90 Å². The lowest BCUT2D eigenvalue weighted by molar-refractivity contribution is -0.133. The first-order valence-electron chi connectivity index (χ1n) is 9.43. The highest BCUT2D eigenvalue weighted by atomic mass is 19.1. The summed E-state index contributed by atoms with van der Waals surface area (Å²) in [4.78, 5) is 14.8. The summed E-state index contributed by atoms with van der Waals surface area (Å²) in [5.74, 6) is -1.21. The van der Waals surface area contributed by atoms with Crippen molar-refractivity contribution in [2.24, 2.45) is 11.1 Å². The number of carbonyl (C=O) groups excluding carboxylic acids is 1.